The smallest absolute Gasteiger partial charge is 0.209 e. The van der Waals surface area contributed by atoms with Crippen molar-refractivity contribution in [3.63, 3.8) is 0 Å². The molecule has 0 bridgehead atoms. The second-order valence-electron chi connectivity index (χ2n) is 6.34. The van der Waals surface area contributed by atoms with Crippen molar-refractivity contribution in [2.24, 2.45) is 5.10 Å². The number of hydrogen-bond donors (Lipinski definition) is 1. The number of nitrogens with one attached hydrogen (secondary N) is 1. The van der Waals surface area contributed by atoms with Crippen LogP contribution in [0.4, 0.5) is 10.8 Å². The molecule has 0 unspecified atom stereocenters. The molecule has 2 aliphatic rings. The van der Waals surface area contributed by atoms with Gasteiger partial charge in [-0.1, -0.05) is 23.5 Å². The first-order chi connectivity index (χ1) is 12.3. The van der Waals surface area contributed by atoms with Crippen LogP contribution in [0.1, 0.15) is 22.3 Å². The Morgan fingerprint density at radius 2 is 2.04 bits per heavy atom. The molecule has 0 spiro atoms. The van der Waals surface area contributed by atoms with Gasteiger partial charge in [-0.2, -0.15) is 5.10 Å². The fourth-order valence-corrected chi connectivity index (χ4v) is 4.07. The van der Waals surface area contributed by atoms with Crippen LogP contribution < -0.4 is 10.3 Å². The van der Waals surface area contributed by atoms with Crippen LogP contribution in [0, 0.1) is 0 Å². The first kappa shape index (κ1) is 14.6. The average molecular weight is 348 g/mol. The quantitative estimate of drug-likeness (QED) is 0.733. The van der Waals surface area contributed by atoms with E-state index in [9.17, 15) is 4.79 Å². The molecule has 124 valence electrons. The third kappa shape index (κ3) is 2.49. The molecule has 1 aliphatic carbocycles. The lowest BCUT2D eigenvalue weighted by atomic mass is 10.1. The minimum atomic E-state index is 0.0128. The molecule has 2 heterocycles. The van der Waals surface area contributed by atoms with E-state index >= 15 is 0 Å². The van der Waals surface area contributed by atoms with Gasteiger partial charge in [-0.05, 0) is 42.3 Å². The number of aromatic nitrogens is 1. The van der Waals surface area contributed by atoms with E-state index in [1.54, 1.807) is 0 Å². The van der Waals surface area contributed by atoms with Gasteiger partial charge in [-0.3, -0.25) is 10.2 Å². The summed E-state index contributed by atoms with van der Waals surface area (Å²) >= 11 is 1.54. The van der Waals surface area contributed by atoms with Gasteiger partial charge in [0.2, 0.25) is 10.9 Å². The Kier molecular flexibility index (Phi) is 3.31. The number of nitrogens with zero attached hydrogens (tertiary/aromatic N) is 3. The number of carbonyl (C=O) groups excluding carboxylic acids is 1. The van der Waals surface area contributed by atoms with Crippen molar-refractivity contribution in [1.82, 2.24) is 4.98 Å². The number of rotatable bonds is 3. The highest BCUT2D eigenvalue weighted by Crippen LogP contribution is 2.29. The molecular weight excluding hydrogens is 332 g/mol. The van der Waals surface area contributed by atoms with Crippen LogP contribution in [0.25, 0.3) is 10.2 Å². The first-order valence-corrected chi connectivity index (χ1v) is 9.20. The fraction of sp³-hybridized carbons (Fsp3) is 0.211. The van der Waals surface area contributed by atoms with E-state index in [1.165, 1.54) is 23.4 Å². The molecule has 1 N–H and O–H groups in total. The maximum atomic E-state index is 12.6. The molecule has 0 saturated carbocycles. The summed E-state index contributed by atoms with van der Waals surface area (Å²) in [4.78, 5) is 19.4. The van der Waals surface area contributed by atoms with Crippen molar-refractivity contribution in [1.29, 1.82) is 0 Å². The van der Waals surface area contributed by atoms with Crippen LogP contribution in [0.3, 0.4) is 0 Å². The molecule has 25 heavy (non-hydrogen) atoms. The number of hydrogen-bond acceptors (Lipinski definition) is 6. The molecule has 3 aromatic rings. The van der Waals surface area contributed by atoms with E-state index in [2.05, 4.69) is 26.5 Å². The van der Waals surface area contributed by atoms with Crippen molar-refractivity contribution < 1.29 is 4.79 Å². The molecule has 1 aromatic heterocycles. The van der Waals surface area contributed by atoms with Gasteiger partial charge in [-0.15, -0.1) is 0 Å². The average Bonchev–Trinajstić information content (AvgIpc) is 3.12. The van der Waals surface area contributed by atoms with Crippen LogP contribution in [-0.2, 0) is 6.42 Å². The van der Waals surface area contributed by atoms with Crippen molar-refractivity contribution in [3.8, 4) is 0 Å². The van der Waals surface area contributed by atoms with Gasteiger partial charge in [0.15, 0.2) is 0 Å². The van der Waals surface area contributed by atoms with Gasteiger partial charge in [0.1, 0.15) is 5.71 Å². The molecule has 1 saturated heterocycles. The Balaban J connectivity index is 1.38. The van der Waals surface area contributed by atoms with E-state index in [-0.39, 0.29) is 5.78 Å². The zero-order chi connectivity index (χ0) is 16.8. The first-order valence-electron chi connectivity index (χ1n) is 8.39. The topological polar surface area (TPSA) is 57.6 Å². The highest BCUT2D eigenvalue weighted by molar-refractivity contribution is 7.22. The summed E-state index contributed by atoms with van der Waals surface area (Å²) in [5.41, 5.74) is 7.50. The molecule has 5 nitrogen and oxygen atoms in total. The minimum absolute atomic E-state index is 0.0128. The molecule has 2 aromatic carbocycles. The summed E-state index contributed by atoms with van der Waals surface area (Å²) in [7, 11) is 0. The largest absolute Gasteiger partial charge is 0.371 e. The summed E-state index contributed by atoms with van der Waals surface area (Å²) < 4.78 is 1.10. The minimum Gasteiger partial charge on any atom is -0.371 e. The van der Waals surface area contributed by atoms with Gasteiger partial charge in [0.25, 0.3) is 0 Å². The Morgan fingerprint density at radius 3 is 2.84 bits per heavy atom. The molecule has 1 aliphatic heterocycles. The van der Waals surface area contributed by atoms with Crippen molar-refractivity contribution in [2.75, 3.05) is 23.4 Å². The standard InChI is InChI=1S/C19H16N4OS/c24-18-14-7-6-13(23-8-3-9-23)10-12(14)11-16(18)21-22-19-20-15-4-1-2-5-17(15)25-19/h1-2,4-7,10H,3,8-9,11H2,(H,20,22)/b21-16-. The lowest BCUT2D eigenvalue weighted by molar-refractivity contribution is 0.106. The molecule has 0 radical (unpaired) electrons. The number of Topliss-reactive ketones (excluding diaryl/α,β-unsaturated/α-hetero) is 1. The van der Waals surface area contributed by atoms with E-state index in [0.717, 1.165) is 34.4 Å². The predicted molar refractivity (Wildman–Crippen MR) is 102 cm³/mol. The van der Waals surface area contributed by atoms with Crippen LogP contribution in [-0.4, -0.2) is 29.6 Å². The fourth-order valence-electron chi connectivity index (χ4n) is 3.26. The number of benzene rings is 2. The van der Waals surface area contributed by atoms with Gasteiger partial charge >= 0.3 is 0 Å². The number of hydrazone groups is 1. The normalized spacial score (nSPS) is 17.8. The highest BCUT2D eigenvalue weighted by atomic mass is 32.1. The maximum absolute atomic E-state index is 12.6. The molecule has 5 rings (SSSR count). The van der Waals surface area contributed by atoms with Crippen LogP contribution >= 0.6 is 11.3 Å². The SMILES string of the molecule is O=C1/C(=N\Nc2nc3ccccc3s2)Cc2cc(N3CCC3)ccc21. The third-order valence-electron chi connectivity index (χ3n) is 4.76. The van der Waals surface area contributed by atoms with Crippen LogP contribution in [0.5, 0.6) is 0 Å². The maximum Gasteiger partial charge on any atom is 0.209 e. The Labute approximate surface area is 149 Å². The lowest BCUT2D eigenvalue weighted by Gasteiger charge is -2.33. The number of anilines is 2. The van der Waals surface area contributed by atoms with E-state index in [0.29, 0.717) is 17.3 Å². The number of carbonyl (C=O) groups is 1. The second-order valence-corrected chi connectivity index (χ2v) is 7.38. The van der Waals surface area contributed by atoms with E-state index in [4.69, 9.17) is 0 Å². The van der Waals surface area contributed by atoms with E-state index < -0.39 is 0 Å². The molecule has 1 fully saturated rings. The Hall–Kier alpha value is -2.73. The number of fused-ring (bicyclic) bond motifs is 2. The lowest BCUT2D eigenvalue weighted by Crippen LogP contribution is -2.36. The zero-order valence-electron chi connectivity index (χ0n) is 13.5. The van der Waals surface area contributed by atoms with Crippen LogP contribution in [0.15, 0.2) is 47.6 Å². The van der Waals surface area contributed by atoms with Gasteiger partial charge in [-0.25, -0.2) is 4.98 Å². The van der Waals surface area contributed by atoms with E-state index in [1.807, 2.05) is 36.4 Å². The van der Waals surface area contributed by atoms with Crippen molar-refractivity contribution in [2.45, 2.75) is 12.8 Å². The third-order valence-corrected chi connectivity index (χ3v) is 5.70. The summed E-state index contributed by atoms with van der Waals surface area (Å²) in [6, 6.07) is 14.1. The molecule has 6 heteroatoms. The van der Waals surface area contributed by atoms with Crippen LogP contribution in [0.2, 0.25) is 0 Å². The predicted octanol–water partition coefficient (Wildman–Crippen LogP) is 3.71. The highest BCUT2D eigenvalue weighted by Gasteiger charge is 2.28. The summed E-state index contributed by atoms with van der Waals surface area (Å²) in [6.07, 6.45) is 1.82. The monoisotopic (exact) mass is 348 g/mol. The number of thiazole rings is 1. The molecule has 0 amide bonds. The van der Waals surface area contributed by atoms with Gasteiger partial charge in [0.05, 0.1) is 10.2 Å². The van der Waals surface area contributed by atoms with Gasteiger partial charge < -0.3 is 4.90 Å². The zero-order valence-corrected chi connectivity index (χ0v) is 14.3. The summed E-state index contributed by atoms with van der Waals surface area (Å²) in [5.74, 6) is 0.0128. The Morgan fingerprint density at radius 1 is 1.16 bits per heavy atom. The van der Waals surface area contributed by atoms with Gasteiger partial charge in [0, 0.05) is 30.8 Å². The summed E-state index contributed by atoms with van der Waals surface area (Å²) in [6.45, 7) is 2.21. The van der Waals surface area contributed by atoms with Crippen molar-refractivity contribution in [3.05, 3.63) is 53.6 Å². The number of ketones is 1. The Bertz CT molecular complexity index is 986. The summed E-state index contributed by atoms with van der Waals surface area (Å²) in [5, 5.41) is 5.05. The second kappa shape index (κ2) is 5.67. The number of para-hydroxylation sites is 1. The molecule has 0 atom stereocenters. The molecular formula is C19H16N4OS. The van der Waals surface area contributed by atoms with Crippen molar-refractivity contribution >= 4 is 43.9 Å².